The molecule has 0 atom stereocenters. The molecular formula is C26H28ClN5O4. The molecule has 1 aliphatic rings. The number of halogens is 1. The SMILES string of the molecule is COC(=O)c1ccccc1NC(=O)C1CCN(c2c(NC(C)=O)c(C)nn2-c2ccc(Cl)cc2)CC1. The van der Waals surface area contributed by atoms with E-state index in [1.165, 1.54) is 14.0 Å². The zero-order chi connectivity index (χ0) is 25.8. The van der Waals surface area contributed by atoms with Crippen LogP contribution in [0.4, 0.5) is 17.2 Å². The van der Waals surface area contributed by atoms with Crippen LogP contribution in [0.15, 0.2) is 48.5 Å². The molecule has 3 aromatic rings. The lowest BCUT2D eigenvalue weighted by molar-refractivity contribution is -0.120. The number of methoxy groups -OCH3 is 1. The third-order valence-electron chi connectivity index (χ3n) is 6.16. The van der Waals surface area contributed by atoms with Crippen molar-refractivity contribution in [1.82, 2.24) is 9.78 Å². The Morgan fingerprint density at radius 3 is 2.33 bits per heavy atom. The minimum atomic E-state index is -0.503. The highest BCUT2D eigenvalue weighted by Gasteiger charge is 2.30. The average Bonchev–Trinajstić information content (AvgIpc) is 3.19. The molecule has 1 aromatic heterocycles. The highest BCUT2D eigenvalue weighted by Crippen LogP contribution is 2.35. The molecule has 0 aliphatic carbocycles. The van der Waals surface area contributed by atoms with Crippen LogP contribution in [0.5, 0.6) is 0 Å². The van der Waals surface area contributed by atoms with E-state index in [-0.39, 0.29) is 17.7 Å². The van der Waals surface area contributed by atoms with Crippen LogP contribution in [0, 0.1) is 12.8 Å². The van der Waals surface area contributed by atoms with Gasteiger partial charge in [0.15, 0.2) is 5.82 Å². The fourth-order valence-electron chi connectivity index (χ4n) is 4.36. The molecule has 1 aliphatic heterocycles. The van der Waals surface area contributed by atoms with Crippen LogP contribution in [0.1, 0.15) is 35.8 Å². The second kappa shape index (κ2) is 10.8. The Morgan fingerprint density at radius 1 is 1.03 bits per heavy atom. The van der Waals surface area contributed by atoms with Gasteiger partial charge in [0.2, 0.25) is 11.8 Å². The highest BCUT2D eigenvalue weighted by molar-refractivity contribution is 6.30. The number of ether oxygens (including phenoxy) is 1. The first kappa shape index (κ1) is 25.2. The number of hydrogen-bond donors (Lipinski definition) is 2. The first-order chi connectivity index (χ1) is 17.3. The van der Waals surface area contributed by atoms with Gasteiger partial charge in [-0.3, -0.25) is 9.59 Å². The molecule has 0 spiro atoms. The number of benzene rings is 2. The summed E-state index contributed by atoms with van der Waals surface area (Å²) in [7, 11) is 1.31. The number of esters is 1. The zero-order valence-corrected chi connectivity index (χ0v) is 21.1. The lowest BCUT2D eigenvalue weighted by Gasteiger charge is -2.33. The lowest BCUT2D eigenvalue weighted by Crippen LogP contribution is -2.39. The van der Waals surface area contributed by atoms with Crippen molar-refractivity contribution in [3.05, 3.63) is 64.8 Å². The van der Waals surface area contributed by atoms with Crippen LogP contribution in [0.2, 0.25) is 5.02 Å². The van der Waals surface area contributed by atoms with E-state index in [0.29, 0.717) is 53.6 Å². The van der Waals surface area contributed by atoms with E-state index < -0.39 is 5.97 Å². The average molecular weight is 510 g/mol. The van der Waals surface area contributed by atoms with Crippen molar-refractivity contribution >= 4 is 46.6 Å². The van der Waals surface area contributed by atoms with Crippen LogP contribution in [0.25, 0.3) is 5.69 Å². The maximum atomic E-state index is 13.0. The van der Waals surface area contributed by atoms with Gasteiger partial charge in [-0.15, -0.1) is 0 Å². The van der Waals surface area contributed by atoms with Crippen LogP contribution < -0.4 is 15.5 Å². The van der Waals surface area contributed by atoms with Crippen molar-refractivity contribution in [2.75, 3.05) is 35.7 Å². The first-order valence-electron chi connectivity index (χ1n) is 11.6. The Hall–Kier alpha value is -3.85. The summed E-state index contributed by atoms with van der Waals surface area (Å²) in [6.45, 7) is 4.48. The molecule has 0 saturated carbocycles. The number of nitrogens with one attached hydrogen (secondary N) is 2. The predicted octanol–water partition coefficient (Wildman–Crippen LogP) is 4.43. The van der Waals surface area contributed by atoms with E-state index in [9.17, 15) is 14.4 Å². The van der Waals surface area contributed by atoms with Gasteiger partial charge in [-0.1, -0.05) is 23.7 Å². The summed E-state index contributed by atoms with van der Waals surface area (Å²) in [4.78, 5) is 39.1. The fraction of sp³-hybridized carbons (Fsp3) is 0.308. The van der Waals surface area contributed by atoms with Gasteiger partial charge >= 0.3 is 5.97 Å². The number of anilines is 3. The Labute approximate surface area is 214 Å². The molecule has 2 aromatic carbocycles. The smallest absolute Gasteiger partial charge is 0.339 e. The van der Waals surface area contributed by atoms with Crippen LogP contribution in [0.3, 0.4) is 0 Å². The van der Waals surface area contributed by atoms with Gasteiger partial charge in [0, 0.05) is 31.0 Å². The molecule has 2 amide bonds. The van der Waals surface area contributed by atoms with Crippen molar-refractivity contribution in [1.29, 1.82) is 0 Å². The number of carbonyl (C=O) groups excluding carboxylic acids is 3. The quantitative estimate of drug-likeness (QED) is 0.476. The van der Waals surface area contributed by atoms with Crippen LogP contribution in [-0.2, 0) is 14.3 Å². The second-order valence-corrected chi connectivity index (χ2v) is 9.08. The number of para-hydroxylation sites is 1. The van der Waals surface area contributed by atoms with Crippen LogP contribution >= 0.6 is 11.6 Å². The van der Waals surface area contributed by atoms with Crippen molar-refractivity contribution in [2.45, 2.75) is 26.7 Å². The second-order valence-electron chi connectivity index (χ2n) is 8.64. The Morgan fingerprint density at radius 2 is 1.69 bits per heavy atom. The largest absolute Gasteiger partial charge is 0.465 e. The summed E-state index contributed by atoms with van der Waals surface area (Å²) in [6.07, 6.45) is 1.19. The molecule has 2 N–H and O–H groups in total. The summed E-state index contributed by atoms with van der Waals surface area (Å²) < 4.78 is 6.61. The van der Waals surface area contributed by atoms with E-state index in [4.69, 9.17) is 16.3 Å². The van der Waals surface area contributed by atoms with Gasteiger partial charge in [-0.2, -0.15) is 5.10 Å². The van der Waals surface area contributed by atoms with Gasteiger partial charge in [-0.25, -0.2) is 9.48 Å². The number of piperidine rings is 1. The Kier molecular flexibility index (Phi) is 7.59. The van der Waals surface area contributed by atoms with Crippen molar-refractivity contribution < 1.29 is 19.1 Å². The van der Waals surface area contributed by atoms with Gasteiger partial charge in [0.05, 0.1) is 29.7 Å². The summed E-state index contributed by atoms with van der Waals surface area (Å²) in [6, 6.07) is 14.1. The third kappa shape index (κ3) is 5.36. The summed E-state index contributed by atoms with van der Waals surface area (Å²) in [5, 5.41) is 11.1. The number of nitrogens with zero attached hydrogens (tertiary/aromatic N) is 3. The highest BCUT2D eigenvalue weighted by atomic mass is 35.5. The summed E-state index contributed by atoms with van der Waals surface area (Å²) >= 11 is 6.07. The molecule has 0 unspecified atom stereocenters. The predicted molar refractivity (Wildman–Crippen MR) is 139 cm³/mol. The lowest BCUT2D eigenvalue weighted by atomic mass is 9.95. The monoisotopic (exact) mass is 509 g/mol. The summed E-state index contributed by atoms with van der Waals surface area (Å²) in [5.74, 6) is -0.301. The number of carbonyl (C=O) groups is 3. The number of amides is 2. The van der Waals surface area contributed by atoms with E-state index in [1.54, 1.807) is 41.1 Å². The number of hydrogen-bond acceptors (Lipinski definition) is 6. The maximum absolute atomic E-state index is 13.0. The van der Waals surface area contributed by atoms with Crippen molar-refractivity contribution in [3.8, 4) is 5.69 Å². The van der Waals surface area contributed by atoms with Gasteiger partial charge in [0.25, 0.3) is 0 Å². The first-order valence-corrected chi connectivity index (χ1v) is 12.0. The van der Waals surface area contributed by atoms with E-state index in [0.717, 1.165) is 11.5 Å². The standard InChI is InChI=1S/C26H28ClN5O4/c1-16-23(28-17(2)33)25(32(30-16)20-10-8-19(27)9-11-20)31-14-12-18(13-15-31)24(34)29-22-7-5-4-6-21(22)26(35)36-3/h4-11,18H,12-15H2,1-3H3,(H,28,33)(H,29,34). The van der Waals surface area contributed by atoms with Gasteiger partial charge in [-0.05, 0) is 56.2 Å². The number of rotatable bonds is 6. The van der Waals surface area contributed by atoms with E-state index in [1.807, 2.05) is 19.1 Å². The molecule has 9 nitrogen and oxygen atoms in total. The normalized spacial score (nSPS) is 13.8. The maximum Gasteiger partial charge on any atom is 0.339 e. The van der Waals surface area contributed by atoms with Crippen molar-refractivity contribution in [2.24, 2.45) is 5.92 Å². The molecule has 188 valence electrons. The van der Waals surface area contributed by atoms with Crippen molar-refractivity contribution in [3.63, 3.8) is 0 Å². The van der Waals surface area contributed by atoms with E-state index >= 15 is 0 Å². The zero-order valence-electron chi connectivity index (χ0n) is 20.4. The molecule has 0 bridgehead atoms. The number of aromatic nitrogens is 2. The minimum Gasteiger partial charge on any atom is -0.465 e. The topological polar surface area (TPSA) is 106 Å². The minimum absolute atomic E-state index is 0.143. The molecule has 1 saturated heterocycles. The van der Waals surface area contributed by atoms with Gasteiger partial charge < -0.3 is 20.3 Å². The fourth-order valence-corrected chi connectivity index (χ4v) is 4.49. The summed E-state index contributed by atoms with van der Waals surface area (Å²) in [5.41, 5.74) is 2.89. The molecule has 1 fully saturated rings. The third-order valence-corrected chi connectivity index (χ3v) is 6.42. The molecule has 2 heterocycles. The van der Waals surface area contributed by atoms with Crippen LogP contribution in [-0.4, -0.2) is 47.8 Å². The van der Waals surface area contributed by atoms with E-state index in [2.05, 4.69) is 20.6 Å². The Bertz CT molecular complexity index is 1280. The molecule has 36 heavy (non-hydrogen) atoms. The van der Waals surface area contributed by atoms with Gasteiger partial charge in [0.1, 0.15) is 5.69 Å². The molecule has 4 rings (SSSR count). The Balaban J connectivity index is 1.54. The molecule has 10 heteroatoms. The number of aryl methyl sites for hydroxylation is 1. The molecule has 0 radical (unpaired) electrons. The molecular weight excluding hydrogens is 482 g/mol.